The van der Waals surface area contributed by atoms with E-state index in [1.165, 1.54) is 29.1 Å². The normalized spacial score (nSPS) is 30.5. The first-order valence-electron chi connectivity index (χ1n) is 14.6. The standard InChI is InChI=1S/C29H37FN6O2S/c30-19-13-28(8-6-12-36(28)16-19)18-37-27-33-22-14-29(9-5-7-23-24(29)20(15-31)25(32)39-23)38-17-21(22)26(34-27)35-10-3-1-2-4-11-35/h19H,1-14,16-18,32H2/t19-,28?,29?/m1/s1. The van der Waals surface area contributed by atoms with Gasteiger partial charge in [0.1, 0.15) is 35.3 Å². The number of rotatable bonds is 4. The van der Waals surface area contributed by atoms with E-state index in [0.29, 0.717) is 49.2 Å². The number of thiophene rings is 1. The van der Waals surface area contributed by atoms with E-state index >= 15 is 0 Å². The molecule has 208 valence electrons. The number of hydrogen-bond acceptors (Lipinski definition) is 9. The van der Waals surface area contributed by atoms with Gasteiger partial charge in [0, 0.05) is 48.5 Å². The molecule has 3 fully saturated rings. The summed E-state index contributed by atoms with van der Waals surface area (Å²) >= 11 is 1.53. The number of nitrogens with two attached hydrogens (primary N) is 1. The van der Waals surface area contributed by atoms with Gasteiger partial charge in [0.25, 0.3) is 0 Å². The van der Waals surface area contributed by atoms with E-state index in [2.05, 4.69) is 15.9 Å². The summed E-state index contributed by atoms with van der Waals surface area (Å²) in [6, 6.07) is 2.74. The third-order valence-electron chi connectivity index (χ3n) is 9.69. The van der Waals surface area contributed by atoms with Crippen molar-refractivity contribution < 1.29 is 13.9 Å². The van der Waals surface area contributed by atoms with Gasteiger partial charge in [0.2, 0.25) is 0 Å². The highest BCUT2D eigenvalue weighted by atomic mass is 32.1. The summed E-state index contributed by atoms with van der Waals surface area (Å²) in [7, 11) is 0. The first-order chi connectivity index (χ1) is 19.0. The maximum absolute atomic E-state index is 14.4. The van der Waals surface area contributed by atoms with Crippen molar-refractivity contribution in [2.45, 2.75) is 94.5 Å². The predicted molar refractivity (Wildman–Crippen MR) is 148 cm³/mol. The van der Waals surface area contributed by atoms with Crippen molar-refractivity contribution in [1.29, 1.82) is 5.26 Å². The van der Waals surface area contributed by atoms with Gasteiger partial charge in [-0.2, -0.15) is 15.2 Å². The molecule has 8 nitrogen and oxygen atoms in total. The third-order valence-corrected chi connectivity index (χ3v) is 10.8. The van der Waals surface area contributed by atoms with Crippen LogP contribution in [0.5, 0.6) is 6.01 Å². The molecular weight excluding hydrogens is 515 g/mol. The highest BCUT2D eigenvalue weighted by Gasteiger charge is 2.50. The molecule has 7 rings (SSSR count). The molecule has 3 saturated heterocycles. The molecule has 39 heavy (non-hydrogen) atoms. The highest BCUT2D eigenvalue weighted by Crippen LogP contribution is 2.51. The number of ether oxygens (including phenoxy) is 2. The second-order valence-electron chi connectivity index (χ2n) is 12.1. The van der Waals surface area contributed by atoms with Gasteiger partial charge in [0.15, 0.2) is 0 Å². The number of nitrogens with zero attached hydrogens (tertiary/aromatic N) is 5. The van der Waals surface area contributed by atoms with Crippen LogP contribution in [0.4, 0.5) is 15.2 Å². The van der Waals surface area contributed by atoms with E-state index in [9.17, 15) is 9.65 Å². The molecule has 3 atom stereocenters. The number of nitrogen functional groups attached to an aromatic ring is 1. The monoisotopic (exact) mass is 552 g/mol. The Labute approximate surface area is 233 Å². The molecule has 2 aromatic heterocycles. The minimum atomic E-state index is -0.795. The number of aromatic nitrogens is 2. The number of hydrogen-bond donors (Lipinski definition) is 1. The first-order valence-corrected chi connectivity index (χ1v) is 15.4. The van der Waals surface area contributed by atoms with E-state index in [0.717, 1.165) is 87.2 Å². The Morgan fingerprint density at radius 3 is 2.79 bits per heavy atom. The third kappa shape index (κ3) is 4.28. The molecule has 2 aromatic rings. The summed E-state index contributed by atoms with van der Waals surface area (Å²) in [4.78, 5) is 15.8. The van der Waals surface area contributed by atoms with Crippen LogP contribution in [0.25, 0.3) is 0 Å². The molecule has 1 spiro atoms. The Bertz CT molecular complexity index is 1300. The zero-order valence-corrected chi connectivity index (χ0v) is 23.3. The van der Waals surface area contributed by atoms with E-state index in [1.54, 1.807) is 0 Å². The Balaban J connectivity index is 1.26. The molecule has 1 aliphatic carbocycles. The lowest BCUT2D eigenvalue weighted by molar-refractivity contribution is -0.0852. The number of aryl methyl sites for hydroxylation is 1. The number of fused-ring (bicyclic) bond motifs is 4. The van der Waals surface area contributed by atoms with E-state index < -0.39 is 11.8 Å². The van der Waals surface area contributed by atoms with Crippen LogP contribution in [0.2, 0.25) is 0 Å². The SMILES string of the molecule is N#Cc1c(N)sc2c1C1(CCC2)Cc2nc(OCC34CCCN3C[C@H](F)C4)nc(N3CCCCCC3)c2CO1. The minimum absolute atomic E-state index is 0.250. The summed E-state index contributed by atoms with van der Waals surface area (Å²) < 4.78 is 27.5. The zero-order chi connectivity index (χ0) is 26.6. The quantitative estimate of drug-likeness (QED) is 0.586. The van der Waals surface area contributed by atoms with Gasteiger partial charge < -0.3 is 20.1 Å². The molecular formula is C29H37FN6O2S. The predicted octanol–water partition coefficient (Wildman–Crippen LogP) is 4.63. The summed E-state index contributed by atoms with van der Waals surface area (Å²) in [5.41, 5.74) is 8.96. The fourth-order valence-electron chi connectivity index (χ4n) is 7.82. The van der Waals surface area contributed by atoms with Crippen molar-refractivity contribution in [3.63, 3.8) is 0 Å². The van der Waals surface area contributed by atoms with Crippen LogP contribution in [-0.4, -0.2) is 59.4 Å². The second kappa shape index (κ2) is 9.86. The van der Waals surface area contributed by atoms with Gasteiger partial charge >= 0.3 is 6.01 Å². The van der Waals surface area contributed by atoms with Crippen LogP contribution in [0.3, 0.4) is 0 Å². The molecule has 2 unspecified atom stereocenters. The smallest absolute Gasteiger partial charge is 0.318 e. The lowest BCUT2D eigenvalue weighted by atomic mass is 9.76. The molecule has 6 heterocycles. The number of anilines is 2. The van der Waals surface area contributed by atoms with Gasteiger partial charge in [-0.15, -0.1) is 11.3 Å². The molecule has 4 aliphatic heterocycles. The Hall–Kier alpha value is -2.48. The fraction of sp³-hybridized carbons (Fsp3) is 0.690. The molecule has 0 amide bonds. The van der Waals surface area contributed by atoms with Crippen molar-refractivity contribution in [3.8, 4) is 12.1 Å². The van der Waals surface area contributed by atoms with Crippen LogP contribution < -0.4 is 15.4 Å². The maximum atomic E-state index is 14.4. The Kier molecular flexibility index (Phi) is 6.44. The average Bonchev–Trinajstić information content (AvgIpc) is 3.47. The summed E-state index contributed by atoms with van der Waals surface area (Å²) in [5, 5.41) is 10.5. The lowest BCUT2D eigenvalue weighted by Gasteiger charge is -2.42. The molecule has 0 radical (unpaired) electrons. The van der Waals surface area contributed by atoms with Crippen LogP contribution in [-0.2, 0) is 29.8 Å². The van der Waals surface area contributed by atoms with Gasteiger partial charge in [0.05, 0.1) is 23.4 Å². The van der Waals surface area contributed by atoms with Crippen LogP contribution in [0.15, 0.2) is 0 Å². The molecule has 10 heteroatoms. The van der Waals surface area contributed by atoms with E-state index in [4.69, 9.17) is 25.2 Å². The number of alkyl halides is 1. The first kappa shape index (κ1) is 25.5. The molecule has 0 aromatic carbocycles. The highest BCUT2D eigenvalue weighted by molar-refractivity contribution is 7.16. The minimum Gasteiger partial charge on any atom is -0.461 e. The lowest BCUT2D eigenvalue weighted by Crippen LogP contribution is -2.44. The Morgan fingerprint density at radius 2 is 1.97 bits per heavy atom. The Morgan fingerprint density at radius 1 is 1.13 bits per heavy atom. The fourth-order valence-corrected chi connectivity index (χ4v) is 8.98. The summed E-state index contributed by atoms with van der Waals surface area (Å²) in [5.74, 6) is 0.920. The van der Waals surface area contributed by atoms with Crippen molar-refractivity contribution in [2.24, 2.45) is 0 Å². The van der Waals surface area contributed by atoms with Gasteiger partial charge in [-0.25, -0.2) is 4.39 Å². The van der Waals surface area contributed by atoms with Crippen LogP contribution in [0, 0.1) is 11.3 Å². The van der Waals surface area contributed by atoms with Gasteiger partial charge in [-0.3, -0.25) is 4.90 Å². The van der Waals surface area contributed by atoms with Crippen molar-refractivity contribution >= 4 is 22.2 Å². The summed E-state index contributed by atoms with van der Waals surface area (Å²) in [6.07, 6.45) is 9.81. The van der Waals surface area contributed by atoms with E-state index in [-0.39, 0.29) is 5.54 Å². The van der Waals surface area contributed by atoms with Gasteiger partial charge in [-0.1, -0.05) is 12.8 Å². The molecule has 5 aliphatic rings. The van der Waals surface area contributed by atoms with Crippen molar-refractivity contribution in [2.75, 3.05) is 43.4 Å². The zero-order valence-electron chi connectivity index (χ0n) is 22.5. The van der Waals surface area contributed by atoms with Crippen molar-refractivity contribution in [1.82, 2.24) is 14.9 Å². The number of nitriles is 1. The molecule has 0 bridgehead atoms. The van der Waals surface area contributed by atoms with Gasteiger partial charge in [-0.05, 0) is 51.5 Å². The number of halogens is 1. The second-order valence-corrected chi connectivity index (χ2v) is 13.2. The molecule has 0 saturated carbocycles. The van der Waals surface area contributed by atoms with E-state index in [1.807, 2.05) is 0 Å². The van der Waals surface area contributed by atoms with Crippen molar-refractivity contribution in [3.05, 3.63) is 27.3 Å². The summed E-state index contributed by atoms with van der Waals surface area (Å²) in [6.45, 7) is 4.17. The average molecular weight is 553 g/mol. The molecule has 2 N–H and O–H groups in total. The maximum Gasteiger partial charge on any atom is 0.318 e. The largest absolute Gasteiger partial charge is 0.461 e. The van der Waals surface area contributed by atoms with Crippen LogP contribution >= 0.6 is 11.3 Å². The topological polar surface area (TPSA) is 101 Å². The van der Waals surface area contributed by atoms with Crippen LogP contribution in [0.1, 0.15) is 85.0 Å².